The number of nitrogens with zero attached hydrogens (tertiary/aromatic N) is 2. The summed E-state index contributed by atoms with van der Waals surface area (Å²) in [5.41, 5.74) is 7.91. The average molecular weight is 289 g/mol. The Morgan fingerprint density at radius 1 is 1.29 bits per heavy atom. The highest BCUT2D eigenvalue weighted by Gasteiger charge is 2.34. The van der Waals surface area contributed by atoms with Crippen molar-refractivity contribution in [1.29, 1.82) is 0 Å². The van der Waals surface area contributed by atoms with Gasteiger partial charge in [0.1, 0.15) is 0 Å². The van der Waals surface area contributed by atoms with Crippen LogP contribution in [0.15, 0.2) is 12.3 Å². The van der Waals surface area contributed by atoms with Crippen molar-refractivity contribution in [2.24, 2.45) is 17.6 Å². The van der Waals surface area contributed by atoms with Gasteiger partial charge in [0.2, 0.25) is 0 Å². The Balaban J connectivity index is 1.64. The largest absolute Gasteiger partial charge is 0.325 e. The van der Waals surface area contributed by atoms with Crippen LogP contribution >= 0.6 is 0 Å². The minimum atomic E-state index is -0.0257. The topological polar surface area (TPSA) is 43.8 Å². The Labute approximate surface area is 129 Å². The molecule has 1 heterocycles. The number of hydrogen-bond donors (Lipinski definition) is 1. The Hall–Kier alpha value is -0.830. The first-order valence-corrected chi connectivity index (χ1v) is 8.89. The van der Waals surface area contributed by atoms with E-state index in [0.717, 1.165) is 24.7 Å². The van der Waals surface area contributed by atoms with Gasteiger partial charge in [-0.05, 0) is 43.6 Å². The first-order chi connectivity index (χ1) is 10.1. The summed E-state index contributed by atoms with van der Waals surface area (Å²) in [6.45, 7) is 4.68. The van der Waals surface area contributed by atoms with E-state index in [2.05, 4.69) is 30.8 Å². The molecule has 2 unspecified atom stereocenters. The molecular weight excluding hydrogens is 258 g/mol. The molecule has 0 aromatic carbocycles. The molecule has 3 heteroatoms. The summed E-state index contributed by atoms with van der Waals surface area (Å²) in [7, 11) is 0. The molecule has 3 nitrogen and oxygen atoms in total. The predicted molar refractivity (Wildman–Crippen MR) is 87.2 cm³/mol. The second-order valence-electron chi connectivity index (χ2n) is 7.86. The van der Waals surface area contributed by atoms with E-state index < -0.39 is 0 Å². The van der Waals surface area contributed by atoms with Gasteiger partial charge >= 0.3 is 0 Å². The Morgan fingerprint density at radius 3 is 2.76 bits per heavy atom. The molecule has 2 aliphatic carbocycles. The van der Waals surface area contributed by atoms with Gasteiger partial charge in [-0.25, -0.2) is 0 Å². The van der Waals surface area contributed by atoms with Crippen LogP contribution in [0.5, 0.6) is 0 Å². The van der Waals surface area contributed by atoms with E-state index in [-0.39, 0.29) is 5.54 Å². The van der Waals surface area contributed by atoms with Crippen molar-refractivity contribution in [1.82, 2.24) is 9.78 Å². The highest BCUT2D eigenvalue weighted by atomic mass is 15.3. The maximum absolute atomic E-state index is 6.73. The number of rotatable bonds is 4. The molecule has 1 aromatic heterocycles. The van der Waals surface area contributed by atoms with Crippen LogP contribution in [0.2, 0.25) is 0 Å². The smallest absolute Gasteiger partial charge is 0.0643 e. The summed E-state index contributed by atoms with van der Waals surface area (Å²) in [5.74, 6) is 1.55. The van der Waals surface area contributed by atoms with Crippen LogP contribution in [0.25, 0.3) is 0 Å². The van der Waals surface area contributed by atoms with Gasteiger partial charge in [0.05, 0.1) is 11.7 Å². The molecule has 118 valence electrons. The third kappa shape index (κ3) is 3.50. The number of aromatic nitrogens is 2. The zero-order chi connectivity index (χ0) is 14.9. The monoisotopic (exact) mass is 289 g/mol. The molecule has 3 rings (SSSR count). The molecule has 0 radical (unpaired) electrons. The SMILES string of the molecule is CC(C)C1CCCC(N)(Cc2ccn(C3CCCC3)n2)C1. The van der Waals surface area contributed by atoms with E-state index in [1.54, 1.807) is 0 Å². The van der Waals surface area contributed by atoms with Crippen molar-refractivity contribution in [2.75, 3.05) is 0 Å². The fourth-order valence-electron chi connectivity index (χ4n) is 4.38. The molecule has 0 bridgehead atoms. The minimum Gasteiger partial charge on any atom is -0.325 e. The van der Waals surface area contributed by atoms with E-state index in [1.165, 1.54) is 50.6 Å². The molecule has 2 saturated carbocycles. The van der Waals surface area contributed by atoms with Gasteiger partial charge < -0.3 is 5.73 Å². The van der Waals surface area contributed by atoms with Crippen LogP contribution in [-0.4, -0.2) is 15.3 Å². The van der Waals surface area contributed by atoms with Crippen LogP contribution in [0, 0.1) is 11.8 Å². The molecule has 0 saturated heterocycles. The summed E-state index contributed by atoms with van der Waals surface area (Å²) in [5, 5.41) is 4.84. The third-order valence-corrected chi connectivity index (χ3v) is 5.76. The van der Waals surface area contributed by atoms with Crippen LogP contribution in [0.3, 0.4) is 0 Å². The van der Waals surface area contributed by atoms with Crippen molar-refractivity contribution < 1.29 is 0 Å². The quantitative estimate of drug-likeness (QED) is 0.907. The Morgan fingerprint density at radius 2 is 2.05 bits per heavy atom. The van der Waals surface area contributed by atoms with Gasteiger partial charge in [-0.3, -0.25) is 4.68 Å². The highest BCUT2D eigenvalue weighted by molar-refractivity contribution is 5.08. The second-order valence-corrected chi connectivity index (χ2v) is 7.86. The van der Waals surface area contributed by atoms with Crippen LogP contribution in [-0.2, 0) is 6.42 Å². The van der Waals surface area contributed by atoms with Crippen molar-refractivity contribution in [2.45, 2.75) is 83.2 Å². The summed E-state index contributed by atoms with van der Waals surface area (Å²) in [6.07, 6.45) is 13.4. The molecular formula is C18H31N3. The van der Waals surface area contributed by atoms with Gasteiger partial charge in [0.15, 0.2) is 0 Å². The van der Waals surface area contributed by atoms with Gasteiger partial charge in [-0.1, -0.05) is 39.5 Å². The first kappa shape index (κ1) is 15.1. The standard InChI is InChI=1S/C18H31N3/c1-14(2)15-6-5-10-18(19,12-15)13-16-9-11-21(20-16)17-7-3-4-8-17/h9,11,14-15,17H,3-8,10,12-13,19H2,1-2H3. The molecule has 2 aliphatic rings. The van der Waals surface area contributed by atoms with E-state index in [4.69, 9.17) is 10.8 Å². The summed E-state index contributed by atoms with van der Waals surface area (Å²) in [4.78, 5) is 0. The minimum absolute atomic E-state index is 0.0257. The number of hydrogen-bond acceptors (Lipinski definition) is 2. The summed E-state index contributed by atoms with van der Waals surface area (Å²) in [6, 6.07) is 2.84. The van der Waals surface area contributed by atoms with Crippen LogP contribution in [0.1, 0.15) is 76.9 Å². The molecule has 2 atom stereocenters. The molecule has 0 spiro atoms. The zero-order valence-corrected chi connectivity index (χ0v) is 13.7. The third-order valence-electron chi connectivity index (χ3n) is 5.76. The molecule has 21 heavy (non-hydrogen) atoms. The Kier molecular flexibility index (Phi) is 4.39. The van der Waals surface area contributed by atoms with Crippen LogP contribution < -0.4 is 5.73 Å². The van der Waals surface area contributed by atoms with Gasteiger partial charge in [0, 0.05) is 18.2 Å². The lowest BCUT2D eigenvalue weighted by molar-refractivity contribution is 0.181. The molecule has 0 aliphatic heterocycles. The molecule has 2 fully saturated rings. The van der Waals surface area contributed by atoms with Gasteiger partial charge in [0.25, 0.3) is 0 Å². The first-order valence-electron chi connectivity index (χ1n) is 8.89. The van der Waals surface area contributed by atoms with E-state index in [9.17, 15) is 0 Å². The second kappa shape index (κ2) is 6.12. The molecule has 0 amide bonds. The van der Waals surface area contributed by atoms with E-state index in [0.29, 0.717) is 6.04 Å². The zero-order valence-electron chi connectivity index (χ0n) is 13.7. The fraction of sp³-hybridized carbons (Fsp3) is 0.833. The van der Waals surface area contributed by atoms with Gasteiger partial charge in [-0.15, -0.1) is 0 Å². The predicted octanol–water partition coefficient (Wildman–Crippen LogP) is 4.08. The van der Waals surface area contributed by atoms with Crippen molar-refractivity contribution in [3.63, 3.8) is 0 Å². The fourth-order valence-corrected chi connectivity index (χ4v) is 4.38. The maximum atomic E-state index is 6.73. The normalized spacial score (nSPS) is 31.1. The molecule has 2 N–H and O–H groups in total. The maximum Gasteiger partial charge on any atom is 0.0643 e. The van der Waals surface area contributed by atoms with Crippen LogP contribution in [0.4, 0.5) is 0 Å². The lowest BCUT2D eigenvalue weighted by Gasteiger charge is -2.39. The lowest BCUT2D eigenvalue weighted by atomic mass is 9.70. The summed E-state index contributed by atoms with van der Waals surface area (Å²) >= 11 is 0. The summed E-state index contributed by atoms with van der Waals surface area (Å²) < 4.78 is 2.20. The van der Waals surface area contributed by atoms with E-state index >= 15 is 0 Å². The van der Waals surface area contributed by atoms with Crippen molar-refractivity contribution in [3.05, 3.63) is 18.0 Å². The van der Waals surface area contributed by atoms with Crippen molar-refractivity contribution in [3.8, 4) is 0 Å². The molecule has 1 aromatic rings. The number of nitrogens with two attached hydrogens (primary N) is 1. The lowest BCUT2D eigenvalue weighted by Crippen LogP contribution is -2.47. The highest BCUT2D eigenvalue weighted by Crippen LogP contribution is 2.37. The van der Waals surface area contributed by atoms with Crippen molar-refractivity contribution >= 4 is 0 Å². The average Bonchev–Trinajstić information content (AvgIpc) is 3.08. The van der Waals surface area contributed by atoms with Gasteiger partial charge in [-0.2, -0.15) is 5.10 Å². The Bertz CT molecular complexity index is 459. The van der Waals surface area contributed by atoms with E-state index in [1.807, 2.05) is 0 Å².